The minimum absolute atomic E-state index is 0.0300. The van der Waals surface area contributed by atoms with Crippen molar-refractivity contribution in [2.45, 2.75) is 39.4 Å². The van der Waals surface area contributed by atoms with Crippen LogP contribution in [0.2, 0.25) is 0 Å². The summed E-state index contributed by atoms with van der Waals surface area (Å²) in [7, 11) is 3.44. The monoisotopic (exact) mass is 476 g/mol. The van der Waals surface area contributed by atoms with Gasteiger partial charge in [-0.1, -0.05) is 26.0 Å². The van der Waals surface area contributed by atoms with Gasteiger partial charge >= 0.3 is 6.03 Å². The molecule has 2 aliphatic heterocycles. The number of amides is 4. The van der Waals surface area contributed by atoms with E-state index < -0.39 is 0 Å². The fourth-order valence-corrected chi connectivity index (χ4v) is 4.57. The normalized spacial score (nSPS) is 20.0. The quantitative estimate of drug-likeness (QED) is 0.632. The van der Waals surface area contributed by atoms with E-state index in [0.717, 1.165) is 0 Å². The smallest absolute Gasteiger partial charge is 0.319 e. The number of carbonyl (C=O) groups is 3. The minimum Gasteiger partial charge on any atom is -0.370 e. The van der Waals surface area contributed by atoms with E-state index in [0.29, 0.717) is 51.1 Å². The Morgan fingerprint density at radius 3 is 2.47 bits per heavy atom. The molecule has 3 rings (SSSR count). The Hall–Kier alpha value is -2.68. The van der Waals surface area contributed by atoms with E-state index >= 15 is 0 Å². The molecule has 0 bridgehead atoms. The molecule has 0 saturated carbocycles. The van der Waals surface area contributed by atoms with Gasteiger partial charge in [0.15, 0.2) is 0 Å². The highest BCUT2D eigenvalue weighted by Crippen LogP contribution is 2.22. The van der Waals surface area contributed by atoms with Crippen molar-refractivity contribution in [2.24, 2.45) is 11.8 Å². The van der Waals surface area contributed by atoms with Gasteiger partial charge < -0.3 is 24.3 Å². The van der Waals surface area contributed by atoms with E-state index in [2.05, 4.69) is 0 Å². The summed E-state index contributed by atoms with van der Waals surface area (Å²) in [4.78, 5) is 45.3. The lowest BCUT2D eigenvalue weighted by Crippen LogP contribution is -2.48. The lowest BCUT2D eigenvalue weighted by molar-refractivity contribution is -0.142. The van der Waals surface area contributed by atoms with E-state index in [1.165, 1.54) is 12.1 Å². The minimum atomic E-state index is -0.368. The Bertz CT molecular complexity index is 870. The molecule has 188 valence electrons. The molecule has 4 amide bonds. The molecule has 1 atom stereocenters. The fraction of sp³-hybridized carbons (Fsp3) is 0.640. The van der Waals surface area contributed by atoms with Gasteiger partial charge in [0, 0.05) is 52.7 Å². The van der Waals surface area contributed by atoms with Gasteiger partial charge in [0.1, 0.15) is 5.82 Å². The molecule has 2 fully saturated rings. The Morgan fingerprint density at radius 1 is 1.15 bits per heavy atom. The summed E-state index contributed by atoms with van der Waals surface area (Å²) in [5.41, 5.74) is 0.710. The molecule has 0 N–H and O–H groups in total. The molecule has 2 saturated heterocycles. The predicted octanol–water partition coefficient (Wildman–Crippen LogP) is 2.43. The number of hydrogen-bond donors (Lipinski definition) is 0. The number of piperidine rings is 1. The summed E-state index contributed by atoms with van der Waals surface area (Å²) in [6, 6.07) is 6.20. The van der Waals surface area contributed by atoms with Crippen LogP contribution in [-0.2, 0) is 20.9 Å². The summed E-state index contributed by atoms with van der Waals surface area (Å²) in [6.07, 6.45) is 0.786. The second-order valence-corrected chi connectivity index (χ2v) is 9.91. The molecule has 8 nitrogen and oxygen atoms in total. The Balaban J connectivity index is 1.67. The maximum absolute atomic E-state index is 13.6. The number of likely N-dealkylation sites (tertiary alicyclic amines) is 1. The fourth-order valence-electron chi connectivity index (χ4n) is 4.57. The topological polar surface area (TPSA) is 73.4 Å². The van der Waals surface area contributed by atoms with Gasteiger partial charge in [-0.3, -0.25) is 9.59 Å². The second kappa shape index (κ2) is 11.6. The van der Waals surface area contributed by atoms with Crippen molar-refractivity contribution in [3.8, 4) is 0 Å². The van der Waals surface area contributed by atoms with Crippen LogP contribution >= 0.6 is 0 Å². The molecule has 2 aliphatic rings. The average molecular weight is 477 g/mol. The zero-order chi connectivity index (χ0) is 24.8. The average Bonchev–Trinajstić information content (AvgIpc) is 2.95. The van der Waals surface area contributed by atoms with Gasteiger partial charge in [-0.05, 0) is 36.5 Å². The van der Waals surface area contributed by atoms with Crippen LogP contribution in [-0.4, -0.2) is 96.9 Å². The number of ether oxygens (including phenoxy) is 1. The molecule has 34 heavy (non-hydrogen) atoms. The van der Waals surface area contributed by atoms with E-state index in [1.807, 2.05) is 13.8 Å². The third-order valence-electron chi connectivity index (χ3n) is 6.30. The van der Waals surface area contributed by atoms with E-state index in [-0.39, 0.29) is 54.8 Å². The highest BCUT2D eigenvalue weighted by Gasteiger charge is 2.36. The second-order valence-electron chi connectivity index (χ2n) is 9.91. The number of carbonyl (C=O) groups excluding carboxylic acids is 3. The Kier molecular flexibility index (Phi) is 8.88. The van der Waals surface area contributed by atoms with Crippen molar-refractivity contribution < 1.29 is 23.5 Å². The Morgan fingerprint density at radius 2 is 1.85 bits per heavy atom. The zero-order valence-electron chi connectivity index (χ0n) is 20.7. The van der Waals surface area contributed by atoms with E-state index in [9.17, 15) is 18.8 Å². The van der Waals surface area contributed by atoms with Crippen LogP contribution in [0.25, 0.3) is 0 Å². The molecular formula is C25H37FN4O4. The van der Waals surface area contributed by atoms with Gasteiger partial charge in [-0.2, -0.15) is 0 Å². The van der Waals surface area contributed by atoms with Gasteiger partial charge in [0.05, 0.1) is 19.3 Å². The molecule has 0 radical (unpaired) electrons. The number of hydrogen-bond acceptors (Lipinski definition) is 4. The lowest BCUT2D eigenvalue weighted by atomic mass is 9.95. The molecular weight excluding hydrogens is 439 g/mol. The van der Waals surface area contributed by atoms with Crippen LogP contribution in [0, 0.1) is 17.7 Å². The number of nitrogens with zero attached hydrogens (tertiary/aromatic N) is 4. The van der Waals surface area contributed by atoms with Crippen LogP contribution in [0.5, 0.6) is 0 Å². The van der Waals surface area contributed by atoms with Crippen molar-refractivity contribution in [3.05, 3.63) is 35.6 Å². The van der Waals surface area contributed by atoms with Crippen LogP contribution < -0.4 is 0 Å². The van der Waals surface area contributed by atoms with Crippen LogP contribution in [0.3, 0.4) is 0 Å². The van der Waals surface area contributed by atoms with Gasteiger partial charge in [-0.15, -0.1) is 0 Å². The first-order valence-electron chi connectivity index (χ1n) is 12.0. The standard InChI is InChI=1S/C25H37FN4O4/c1-18(2)13-29-14-22(34-17-19-6-5-7-21(26)12-19)15-30(16-23(29)31)24(32)20-8-10-28(11-9-20)25(33)27(3)4/h5-7,12,18,20,22H,8-11,13-17H2,1-4H3. The summed E-state index contributed by atoms with van der Waals surface area (Å²) in [5, 5.41) is 0. The summed E-state index contributed by atoms with van der Waals surface area (Å²) >= 11 is 0. The maximum Gasteiger partial charge on any atom is 0.319 e. The first kappa shape index (κ1) is 25.9. The van der Waals surface area contributed by atoms with Crippen LogP contribution in [0.1, 0.15) is 32.3 Å². The number of benzene rings is 1. The number of rotatable bonds is 6. The van der Waals surface area contributed by atoms with Crippen molar-refractivity contribution in [1.82, 2.24) is 19.6 Å². The summed E-state index contributed by atoms with van der Waals surface area (Å²) < 4.78 is 19.7. The maximum atomic E-state index is 13.6. The van der Waals surface area contributed by atoms with Gasteiger partial charge in [-0.25, -0.2) is 9.18 Å². The molecule has 0 aromatic heterocycles. The molecule has 0 aliphatic carbocycles. The van der Waals surface area contributed by atoms with E-state index in [4.69, 9.17) is 4.74 Å². The summed E-state index contributed by atoms with van der Waals surface area (Å²) in [5.74, 6) is -0.405. The highest BCUT2D eigenvalue weighted by molar-refractivity contribution is 5.86. The Labute approximate surface area is 201 Å². The molecule has 9 heteroatoms. The van der Waals surface area contributed by atoms with Crippen molar-refractivity contribution in [1.29, 1.82) is 0 Å². The van der Waals surface area contributed by atoms with Crippen LogP contribution in [0.15, 0.2) is 24.3 Å². The molecule has 0 spiro atoms. The molecule has 1 aromatic rings. The summed E-state index contributed by atoms with van der Waals surface area (Å²) in [6.45, 7) is 6.67. The van der Waals surface area contributed by atoms with Crippen LogP contribution in [0.4, 0.5) is 9.18 Å². The first-order valence-corrected chi connectivity index (χ1v) is 12.0. The first-order chi connectivity index (χ1) is 16.1. The van der Waals surface area contributed by atoms with Crippen molar-refractivity contribution in [2.75, 3.05) is 53.4 Å². The molecule has 1 unspecified atom stereocenters. The predicted molar refractivity (Wildman–Crippen MR) is 126 cm³/mol. The van der Waals surface area contributed by atoms with Crippen molar-refractivity contribution >= 4 is 17.8 Å². The molecule has 2 heterocycles. The van der Waals surface area contributed by atoms with Crippen molar-refractivity contribution in [3.63, 3.8) is 0 Å². The third-order valence-corrected chi connectivity index (χ3v) is 6.30. The van der Waals surface area contributed by atoms with Gasteiger partial charge in [0.2, 0.25) is 11.8 Å². The third kappa shape index (κ3) is 6.91. The number of urea groups is 1. The highest BCUT2D eigenvalue weighted by atomic mass is 19.1. The zero-order valence-corrected chi connectivity index (χ0v) is 20.7. The SMILES string of the molecule is CC(C)CN1CC(OCc2cccc(F)c2)CN(C(=O)C2CCN(C(=O)N(C)C)CC2)CC1=O. The largest absolute Gasteiger partial charge is 0.370 e. The number of halogens is 1. The molecule has 1 aromatic carbocycles. The van der Waals surface area contributed by atoms with E-state index in [1.54, 1.807) is 45.8 Å². The van der Waals surface area contributed by atoms with Gasteiger partial charge in [0.25, 0.3) is 0 Å². The lowest BCUT2D eigenvalue weighted by Gasteiger charge is -2.35.